The molecule has 0 aromatic heterocycles. The van der Waals surface area contributed by atoms with Crippen LogP contribution < -0.4 is 10.1 Å². The normalized spacial score (nSPS) is 13.8. The second-order valence-corrected chi connectivity index (χ2v) is 8.40. The molecule has 0 radical (unpaired) electrons. The van der Waals surface area contributed by atoms with E-state index < -0.39 is 11.2 Å². The van der Waals surface area contributed by atoms with E-state index in [1.165, 1.54) is 11.8 Å². The van der Waals surface area contributed by atoms with Crippen molar-refractivity contribution >= 4 is 40.9 Å². The van der Waals surface area contributed by atoms with Gasteiger partial charge in [0.1, 0.15) is 17.6 Å². The van der Waals surface area contributed by atoms with Gasteiger partial charge in [0, 0.05) is 21.8 Å². The molecule has 1 aliphatic rings. The number of rotatable bonds is 7. The number of carbonyl (C=O) groups is 2. The molecule has 1 N–H and O–H groups in total. The molecular formula is C21H22ClNO5S. The van der Waals surface area contributed by atoms with E-state index in [0.717, 1.165) is 16.8 Å². The topological polar surface area (TPSA) is 73.9 Å². The molecule has 1 atom stereocenters. The maximum atomic E-state index is 12.3. The SMILES string of the molecule is Cc1ccc(NC(=O)CS[C@@H](C)C(=O)OCc2cc(Cl)cc3c2OCOC3)cc1. The number of fused-ring (bicyclic) bond motifs is 1. The Morgan fingerprint density at radius 3 is 2.79 bits per heavy atom. The van der Waals surface area contributed by atoms with E-state index in [9.17, 15) is 9.59 Å². The molecule has 0 fully saturated rings. The van der Waals surface area contributed by atoms with Crippen LogP contribution in [-0.4, -0.2) is 29.7 Å². The molecule has 1 amide bonds. The summed E-state index contributed by atoms with van der Waals surface area (Å²) >= 11 is 7.34. The Labute approximate surface area is 178 Å². The fourth-order valence-corrected chi connectivity index (χ4v) is 3.67. The minimum absolute atomic E-state index is 0.0438. The van der Waals surface area contributed by atoms with Crippen LogP contribution >= 0.6 is 23.4 Å². The zero-order valence-electron chi connectivity index (χ0n) is 16.2. The molecule has 1 aliphatic heterocycles. The Morgan fingerprint density at radius 1 is 1.28 bits per heavy atom. The number of carbonyl (C=O) groups excluding carboxylic acids is 2. The Bertz CT molecular complexity index is 887. The Kier molecular flexibility index (Phi) is 7.41. The van der Waals surface area contributed by atoms with E-state index >= 15 is 0 Å². The summed E-state index contributed by atoms with van der Waals surface area (Å²) in [6.45, 7) is 4.29. The first-order valence-corrected chi connectivity index (χ1v) is 10.5. The lowest BCUT2D eigenvalue weighted by Crippen LogP contribution is -2.21. The number of halogens is 1. The molecule has 0 saturated heterocycles. The summed E-state index contributed by atoms with van der Waals surface area (Å²) in [4.78, 5) is 24.4. The van der Waals surface area contributed by atoms with Gasteiger partial charge in [-0.2, -0.15) is 0 Å². The highest BCUT2D eigenvalue weighted by molar-refractivity contribution is 8.01. The van der Waals surface area contributed by atoms with Crippen molar-refractivity contribution in [3.05, 3.63) is 58.1 Å². The summed E-state index contributed by atoms with van der Waals surface area (Å²) in [5, 5.41) is 2.85. The molecule has 0 spiro atoms. The number of benzene rings is 2. The van der Waals surface area contributed by atoms with E-state index in [0.29, 0.717) is 22.9 Å². The summed E-state index contributed by atoms with van der Waals surface area (Å²) in [5.41, 5.74) is 3.36. The van der Waals surface area contributed by atoms with Crippen LogP contribution in [0.5, 0.6) is 5.75 Å². The summed E-state index contributed by atoms with van der Waals surface area (Å²) in [6, 6.07) is 11.0. The molecule has 3 rings (SSSR count). The number of aryl methyl sites for hydroxylation is 1. The summed E-state index contributed by atoms with van der Waals surface area (Å²) in [5.74, 6) is 0.220. The highest BCUT2D eigenvalue weighted by Crippen LogP contribution is 2.32. The van der Waals surface area contributed by atoms with E-state index in [1.807, 2.05) is 31.2 Å². The maximum Gasteiger partial charge on any atom is 0.319 e. The molecule has 6 nitrogen and oxygen atoms in total. The average Bonchev–Trinajstić information content (AvgIpc) is 2.71. The zero-order chi connectivity index (χ0) is 20.8. The third kappa shape index (κ3) is 6.13. The van der Waals surface area contributed by atoms with Gasteiger partial charge in [-0.25, -0.2) is 0 Å². The van der Waals surface area contributed by atoms with Gasteiger partial charge in [-0.05, 0) is 38.1 Å². The van der Waals surface area contributed by atoms with Crippen LogP contribution in [0.4, 0.5) is 5.69 Å². The lowest BCUT2D eigenvalue weighted by molar-refractivity contribution is -0.144. The van der Waals surface area contributed by atoms with Gasteiger partial charge in [-0.1, -0.05) is 29.3 Å². The van der Waals surface area contributed by atoms with Gasteiger partial charge in [0.15, 0.2) is 6.79 Å². The van der Waals surface area contributed by atoms with Crippen LogP contribution in [0.3, 0.4) is 0 Å². The number of anilines is 1. The lowest BCUT2D eigenvalue weighted by Gasteiger charge is -2.21. The molecule has 154 valence electrons. The van der Waals surface area contributed by atoms with Crippen molar-refractivity contribution in [2.24, 2.45) is 0 Å². The van der Waals surface area contributed by atoms with Crippen LogP contribution in [-0.2, 0) is 32.3 Å². The van der Waals surface area contributed by atoms with Gasteiger partial charge in [-0.3, -0.25) is 9.59 Å². The molecule has 2 aromatic rings. The first-order chi connectivity index (χ1) is 13.9. The van der Waals surface area contributed by atoms with Crippen molar-refractivity contribution in [1.82, 2.24) is 0 Å². The van der Waals surface area contributed by atoms with Gasteiger partial charge in [-0.15, -0.1) is 11.8 Å². The van der Waals surface area contributed by atoms with E-state index in [2.05, 4.69) is 5.32 Å². The molecule has 8 heteroatoms. The maximum absolute atomic E-state index is 12.3. The fourth-order valence-electron chi connectivity index (χ4n) is 2.73. The Morgan fingerprint density at radius 2 is 2.03 bits per heavy atom. The first kappa shape index (κ1) is 21.5. The highest BCUT2D eigenvalue weighted by Gasteiger charge is 2.20. The first-order valence-electron chi connectivity index (χ1n) is 9.09. The van der Waals surface area contributed by atoms with Crippen molar-refractivity contribution in [3.63, 3.8) is 0 Å². The summed E-state index contributed by atoms with van der Waals surface area (Å²) < 4.78 is 16.2. The third-order valence-corrected chi connectivity index (χ3v) is 5.59. The molecule has 2 aromatic carbocycles. The van der Waals surface area contributed by atoms with Crippen molar-refractivity contribution in [3.8, 4) is 5.75 Å². The summed E-state index contributed by atoms with van der Waals surface area (Å²) in [7, 11) is 0. The largest absolute Gasteiger partial charge is 0.467 e. The summed E-state index contributed by atoms with van der Waals surface area (Å²) in [6.07, 6.45) is 0. The average molecular weight is 436 g/mol. The number of amides is 1. The number of hydrogen-bond acceptors (Lipinski definition) is 6. The smallest absolute Gasteiger partial charge is 0.319 e. The molecule has 0 aliphatic carbocycles. The van der Waals surface area contributed by atoms with E-state index in [1.54, 1.807) is 19.1 Å². The number of hydrogen-bond donors (Lipinski definition) is 1. The predicted molar refractivity (Wildman–Crippen MR) is 113 cm³/mol. The van der Waals surface area contributed by atoms with Crippen molar-refractivity contribution in [1.29, 1.82) is 0 Å². The quantitative estimate of drug-likeness (QED) is 0.653. The van der Waals surface area contributed by atoms with Crippen molar-refractivity contribution in [2.45, 2.75) is 32.3 Å². The second kappa shape index (κ2) is 10.0. The molecule has 29 heavy (non-hydrogen) atoms. The molecule has 0 unspecified atom stereocenters. The monoisotopic (exact) mass is 435 g/mol. The van der Waals surface area contributed by atoms with Crippen LogP contribution in [0.1, 0.15) is 23.6 Å². The van der Waals surface area contributed by atoms with Crippen LogP contribution in [0.15, 0.2) is 36.4 Å². The van der Waals surface area contributed by atoms with Crippen molar-refractivity contribution in [2.75, 3.05) is 17.9 Å². The number of esters is 1. The number of ether oxygens (including phenoxy) is 3. The van der Waals surface area contributed by atoms with Crippen molar-refractivity contribution < 1.29 is 23.8 Å². The van der Waals surface area contributed by atoms with Gasteiger partial charge in [0.2, 0.25) is 5.91 Å². The molecule has 1 heterocycles. The molecule has 0 bridgehead atoms. The standard InChI is InChI=1S/C21H22ClNO5S/c1-13-3-5-18(6-4-13)23-19(24)11-29-14(2)21(25)27-10-16-8-17(22)7-15-9-26-12-28-20(15)16/h3-8,14H,9-12H2,1-2H3,(H,23,24)/t14-/m0/s1. The lowest BCUT2D eigenvalue weighted by atomic mass is 10.1. The molecular weight excluding hydrogens is 414 g/mol. The number of nitrogens with one attached hydrogen (secondary N) is 1. The highest BCUT2D eigenvalue weighted by atomic mass is 35.5. The minimum atomic E-state index is -0.488. The Hall–Kier alpha value is -2.22. The van der Waals surface area contributed by atoms with Crippen LogP contribution in [0.2, 0.25) is 5.02 Å². The van der Waals surface area contributed by atoms with Gasteiger partial charge in [0.05, 0.1) is 12.4 Å². The number of thioether (sulfide) groups is 1. The van der Waals surface area contributed by atoms with Gasteiger partial charge >= 0.3 is 5.97 Å². The third-order valence-electron chi connectivity index (χ3n) is 4.25. The minimum Gasteiger partial charge on any atom is -0.467 e. The van der Waals surface area contributed by atoms with E-state index in [4.69, 9.17) is 25.8 Å². The van der Waals surface area contributed by atoms with Crippen LogP contribution in [0.25, 0.3) is 0 Å². The second-order valence-electron chi connectivity index (χ2n) is 6.64. The van der Waals surface area contributed by atoms with Gasteiger partial charge in [0.25, 0.3) is 0 Å². The molecule has 0 saturated carbocycles. The Balaban J connectivity index is 1.48. The van der Waals surface area contributed by atoms with Gasteiger partial charge < -0.3 is 19.5 Å². The fraction of sp³-hybridized carbons (Fsp3) is 0.333. The van der Waals surface area contributed by atoms with Crippen LogP contribution in [0, 0.1) is 6.92 Å². The van der Waals surface area contributed by atoms with E-state index in [-0.39, 0.29) is 25.1 Å². The predicted octanol–water partition coefficient (Wildman–Crippen LogP) is 4.32. The zero-order valence-corrected chi connectivity index (χ0v) is 17.8.